The Morgan fingerprint density at radius 2 is 2.30 bits per heavy atom. The van der Waals surface area contributed by atoms with Gasteiger partial charge in [-0.25, -0.2) is 9.37 Å². The lowest BCUT2D eigenvalue weighted by atomic mass is 10.1. The van der Waals surface area contributed by atoms with E-state index >= 15 is 0 Å². The van der Waals surface area contributed by atoms with Gasteiger partial charge in [-0.2, -0.15) is 0 Å². The van der Waals surface area contributed by atoms with Crippen LogP contribution in [-0.2, 0) is 9.53 Å². The number of thiazole rings is 1. The number of halogens is 1. The number of ether oxygens (including phenoxy) is 1. The summed E-state index contributed by atoms with van der Waals surface area (Å²) in [5.74, 6) is -0.419. The van der Waals surface area contributed by atoms with Crippen LogP contribution < -0.4 is 10.6 Å². The van der Waals surface area contributed by atoms with Crippen molar-refractivity contribution in [3.63, 3.8) is 0 Å². The molecule has 4 rings (SSSR count). The SMILES string of the molecule is O=C(Nc1nc2ccc3cc(F)ccc3c2s1)C1COCCN1. The first-order valence-corrected chi connectivity index (χ1v) is 8.13. The van der Waals surface area contributed by atoms with Gasteiger partial charge in [0.25, 0.3) is 0 Å². The van der Waals surface area contributed by atoms with Gasteiger partial charge in [0.05, 0.1) is 23.4 Å². The van der Waals surface area contributed by atoms with Crippen LogP contribution in [-0.4, -0.2) is 36.7 Å². The van der Waals surface area contributed by atoms with Crippen molar-refractivity contribution in [2.24, 2.45) is 0 Å². The van der Waals surface area contributed by atoms with Gasteiger partial charge in [0.1, 0.15) is 11.9 Å². The van der Waals surface area contributed by atoms with Crippen molar-refractivity contribution in [2.75, 3.05) is 25.1 Å². The van der Waals surface area contributed by atoms with E-state index in [9.17, 15) is 9.18 Å². The van der Waals surface area contributed by atoms with Gasteiger partial charge in [0.15, 0.2) is 5.13 Å². The smallest absolute Gasteiger partial charge is 0.245 e. The van der Waals surface area contributed by atoms with Gasteiger partial charge < -0.3 is 15.4 Å². The molecule has 118 valence electrons. The Bertz CT molecular complexity index is 890. The monoisotopic (exact) mass is 331 g/mol. The number of morpholine rings is 1. The third kappa shape index (κ3) is 2.78. The zero-order chi connectivity index (χ0) is 15.8. The summed E-state index contributed by atoms with van der Waals surface area (Å²) in [4.78, 5) is 16.7. The minimum Gasteiger partial charge on any atom is -0.378 e. The number of rotatable bonds is 2. The summed E-state index contributed by atoms with van der Waals surface area (Å²) >= 11 is 1.39. The number of nitrogens with one attached hydrogen (secondary N) is 2. The molecule has 1 fully saturated rings. The van der Waals surface area contributed by atoms with Crippen molar-refractivity contribution in [1.82, 2.24) is 10.3 Å². The Kier molecular flexibility index (Phi) is 3.68. The highest BCUT2D eigenvalue weighted by Crippen LogP contribution is 2.33. The molecule has 0 radical (unpaired) electrons. The molecule has 2 aromatic carbocycles. The van der Waals surface area contributed by atoms with Crippen molar-refractivity contribution in [2.45, 2.75) is 6.04 Å². The molecule has 1 saturated heterocycles. The van der Waals surface area contributed by atoms with Crippen LogP contribution in [0.2, 0.25) is 0 Å². The zero-order valence-corrected chi connectivity index (χ0v) is 13.0. The number of benzene rings is 2. The van der Waals surface area contributed by atoms with E-state index in [0.29, 0.717) is 24.9 Å². The van der Waals surface area contributed by atoms with Gasteiger partial charge in [0.2, 0.25) is 5.91 Å². The van der Waals surface area contributed by atoms with E-state index in [1.54, 1.807) is 6.07 Å². The first kappa shape index (κ1) is 14.5. The second-order valence-corrected chi connectivity index (χ2v) is 6.37. The second-order valence-electron chi connectivity index (χ2n) is 5.37. The van der Waals surface area contributed by atoms with E-state index in [2.05, 4.69) is 15.6 Å². The number of aromatic nitrogens is 1. The number of hydrogen-bond acceptors (Lipinski definition) is 5. The van der Waals surface area contributed by atoms with Gasteiger partial charge in [-0.1, -0.05) is 17.4 Å². The topological polar surface area (TPSA) is 63.2 Å². The van der Waals surface area contributed by atoms with Crippen molar-refractivity contribution < 1.29 is 13.9 Å². The van der Waals surface area contributed by atoms with Crippen molar-refractivity contribution in [1.29, 1.82) is 0 Å². The summed E-state index contributed by atoms with van der Waals surface area (Å²) in [6, 6.07) is 7.99. The summed E-state index contributed by atoms with van der Waals surface area (Å²) in [7, 11) is 0. The number of anilines is 1. The van der Waals surface area contributed by atoms with Gasteiger partial charge in [-0.3, -0.25) is 4.79 Å². The second kappa shape index (κ2) is 5.84. The van der Waals surface area contributed by atoms with Crippen molar-refractivity contribution in [3.8, 4) is 0 Å². The normalized spacial score (nSPS) is 18.4. The zero-order valence-electron chi connectivity index (χ0n) is 12.1. The molecule has 23 heavy (non-hydrogen) atoms. The standard InChI is InChI=1S/C16H14FN3O2S/c17-10-2-3-11-9(7-10)1-4-12-14(11)23-16(19-12)20-15(21)13-8-22-6-5-18-13/h1-4,7,13,18H,5-6,8H2,(H,19,20,21). The van der Waals surface area contributed by atoms with E-state index in [1.165, 1.54) is 23.5 Å². The number of amides is 1. The maximum atomic E-state index is 13.3. The van der Waals surface area contributed by atoms with Crippen LogP contribution in [0.15, 0.2) is 30.3 Å². The fourth-order valence-corrected chi connectivity index (χ4v) is 3.67. The quantitative estimate of drug-likeness (QED) is 0.757. The molecular formula is C16H14FN3O2S. The number of carbonyl (C=O) groups is 1. The van der Waals surface area contributed by atoms with E-state index in [-0.39, 0.29) is 17.8 Å². The summed E-state index contributed by atoms with van der Waals surface area (Å²) < 4.78 is 19.6. The van der Waals surface area contributed by atoms with Crippen LogP contribution in [0, 0.1) is 5.82 Å². The van der Waals surface area contributed by atoms with Gasteiger partial charge in [-0.15, -0.1) is 0 Å². The Hall–Kier alpha value is -2.09. The summed E-state index contributed by atoms with van der Waals surface area (Å²) in [6.45, 7) is 1.64. The molecule has 1 aliphatic rings. The average molecular weight is 331 g/mol. The van der Waals surface area contributed by atoms with Crippen LogP contribution in [0.5, 0.6) is 0 Å². The number of nitrogens with zero attached hydrogens (tertiary/aromatic N) is 1. The highest BCUT2D eigenvalue weighted by Gasteiger charge is 2.22. The molecule has 1 aromatic heterocycles. The van der Waals surface area contributed by atoms with E-state index in [0.717, 1.165) is 21.0 Å². The molecule has 0 bridgehead atoms. The van der Waals surface area contributed by atoms with Crippen LogP contribution in [0.1, 0.15) is 0 Å². The molecule has 2 N–H and O–H groups in total. The molecule has 1 aliphatic heterocycles. The highest BCUT2D eigenvalue weighted by atomic mass is 32.1. The average Bonchev–Trinajstić information content (AvgIpc) is 2.98. The van der Waals surface area contributed by atoms with Gasteiger partial charge in [-0.05, 0) is 29.7 Å². The third-order valence-electron chi connectivity index (χ3n) is 3.80. The molecule has 0 saturated carbocycles. The lowest BCUT2D eigenvalue weighted by molar-refractivity contribution is -0.120. The van der Waals surface area contributed by atoms with Crippen molar-refractivity contribution in [3.05, 3.63) is 36.1 Å². The first-order valence-electron chi connectivity index (χ1n) is 7.31. The van der Waals surface area contributed by atoms with Gasteiger partial charge >= 0.3 is 0 Å². The van der Waals surface area contributed by atoms with Crippen LogP contribution in [0.3, 0.4) is 0 Å². The largest absolute Gasteiger partial charge is 0.378 e. The molecule has 7 heteroatoms. The number of hydrogen-bond donors (Lipinski definition) is 2. The van der Waals surface area contributed by atoms with E-state index < -0.39 is 0 Å². The third-order valence-corrected chi connectivity index (χ3v) is 4.82. The molecule has 3 aromatic rings. The molecule has 5 nitrogen and oxygen atoms in total. The van der Waals surface area contributed by atoms with E-state index in [1.807, 2.05) is 12.1 Å². The van der Waals surface area contributed by atoms with Crippen molar-refractivity contribution >= 4 is 43.4 Å². The fraction of sp³-hybridized carbons (Fsp3) is 0.250. The minimum atomic E-state index is -0.360. The number of carbonyl (C=O) groups excluding carboxylic acids is 1. The van der Waals surface area contributed by atoms with Crippen LogP contribution >= 0.6 is 11.3 Å². The number of fused-ring (bicyclic) bond motifs is 3. The molecule has 1 atom stereocenters. The lowest BCUT2D eigenvalue weighted by Crippen LogP contribution is -2.48. The van der Waals surface area contributed by atoms with Crippen LogP contribution in [0.25, 0.3) is 21.0 Å². The molecule has 0 spiro atoms. The maximum Gasteiger partial charge on any atom is 0.245 e. The minimum absolute atomic E-state index is 0.154. The maximum absolute atomic E-state index is 13.3. The molecule has 1 unspecified atom stereocenters. The Balaban J connectivity index is 1.66. The highest BCUT2D eigenvalue weighted by molar-refractivity contribution is 7.23. The molecule has 2 heterocycles. The van der Waals surface area contributed by atoms with E-state index in [4.69, 9.17) is 4.74 Å². The Labute approximate surface area is 135 Å². The summed E-state index contributed by atoms with van der Waals surface area (Å²) in [5.41, 5.74) is 0.789. The van der Waals surface area contributed by atoms with Crippen LogP contribution in [0.4, 0.5) is 9.52 Å². The fourth-order valence-electron chi connectivity index (χ4n) is 2.66. The predicted molar refractivity (Wildman–Crippen MR) is 88.3 cm³/mol. The molecule has 1 amide bonds. The van der Waals surface area contributed by atoms with Gasteiger partial charge in [0, 0.05) is 11.9 Å². The molecular weight excluding hydrogens is 317 g/mol. The summed E-state index contributed by atoms with van der Waals surface area (Å²) in [5, 5.41) is 8.22. The molecule has 0 aliphatic carbocycles. The Morgan fingerprint density at radius 3 is 3.13 bits per heavy atom. The lowest BCUT2D eigenvalue weighted by Gasteiger charge is -2.22. The summed E-state index contributed by atoms with van der Waals surface area (Å²) in [6.07, 6.45) is 0. The first-order chi connectivity index (χ1) is 11.2. The Morgan fingerprint density at radius 1 is 1.39 bits per heavy atom. The predicted octanol–water partition coefficient (Wildman–Crippen LogP) is 2.52.